The summed E-state index contributed by atoms with van der Waals surface area (Å²) in [6, 6.07) is 19.3. The van der Waals surface area contributed by atoms with Gasteiger partial charge in [0.25, 0.3) is 5.91 Å². The highest BCUT2D eigenvalue weighted by Crippen LogP contribution is 2.36. The Kier molecular flexibility index (Phi) is 10.0. The number of hydrogen-bond donors (Lipinski definition) is 1. The minimum atomic E-state index is -0.299. The number of nitrogens with zero attached hydrogens (tertiary/aromatic N) is 5. The molecule has 3 heterocycles. The number of piperidine rings is 1. The number of anilines is 4. The zero-order valence-electron chi connectivity index (χ0n) is 25.3. The molecule has 5 rings (SSSR count). The topological polar surface area (TPSA) is 89.1 Å². The fourth-order valence-corrected chi connectivity index (χ4v) is 5.87. The number of para-hydroxylation sites is 1. The summed E-state index contributed by atoms with van der Waals surface area (Å²) in [5.74, 6) is -0.284. The van der Waals surface area contributed by atoms with Crippen LogP contribution in [0.4, 0.5) is 22.9 Å². The molecular weight excluding hydrogens is 540 g/mol. The Balaban J connectivity index is 1.17. The highest BCUT2D eigenvalue weighted by atomic mass is 16.2. The van der Waals surface area contributed by atoms with Gasteiger partial charge in [0.15, 0.2) is 5.82 Å². The van der Waals surface area contributed by atoms with Crippen molar-refractivity contribution in [2.24, 2.45) is 0 Å². The van der Waals surface area contributed by atoms with E-state index >= 15 is 0 Å². The van der Waals surface area contributed by atoms with Crippen molar-refractivity contribution in [3.63, 3.8) is 0 Å². The molecule has 0 unspecified atom stereocenters. The second-order valence-electron chi connectivity index (χ2n) is 11.1. The smallest absolute Gasteiger partial charge is 0.257 e. The number of carbonyl (C=O) groups excluding carboxylic acids is 3. The van der Waals surface area contributed by atoms with Crippen LogP contribution < -0.4 is 15.1 Å². The molecule has 3 amide bonds. The zero-order valence-corrected chi connectivity index (χ0v) is 25.3. The average Bonchev–Trinajstić information content (AvgIpc) is 3.17. The second-order valence-corrected chi connectivity index (χ2v) is 11.1. The standard InChI is InChI=1S/C34H42N6O3/c1-3-37(25-26-14-16-27(17-15-26)39-21-8-5-9-22-39)23-24-38(4-2)31(41)18-19-32(42)40-30-13-7-6-11-28(30)34(43)36-29-12-10-20-35-33(29)40/h6-7,10-17,20H,3-5,8-9,18-19,21-25H2,1-2H3,(H,36,43). The number of hydrogen-bond acceptors (Lipinski definition) is 6. The number of nitrogens with one attached hydrogen (secondary N) is 1. The first-order valence-corrected chi connectivity index (χ1v) is 15.5. The summed E-state index contributed by atoms with van der Waals surface area (Å²) in [4.78, 5) is 52.2. The Bertz CT molecular complexity index is 1420. The van der Waals surface area contributed by atoms with Gasteiger partial charge in [-0.15, -0.1) is 0 Å². The van der Waals surface area contributed by atoms with Crippen LogP contribution in [0.5, 0.6) is 0 Å². The molecule has 0 spiro atoms. The molecule has 3 aromatic rings. The van der Waals surface area contributed by atoms with E-state index in [0.717, 1.165) is 32.7 Å². The highest BCUT2D eigenvalue weighted by Gasteiger charge is 2.30. The first-order valence-electron chi connectivity index (χ1n) is 15.5. The van der Waals surface area contributed by atoms with E-state index in [2.05, 4.69) is 51.3 Å². The minimum Gasteiger partial charge on any atom is -0.372 e. The summed E-state index contributed by atoms with van der Waals surface area (Å²) in [6.07, 6.45) is 5.54. The van der Waals surface area contributed by atoms with Crippen LogP contribution in [0.25, 0.3) is 0 Å². The number of amides is 3. The van der Waals surface area contributed by atoms with Gasteiger partial charge in [0, 0.05) is 64.0 Å². The Morgan fingerprint density at radius 2 is 1.65 bits per heavy atom. The highest BCUT2D eigenvalue weighted by molar-refractivity contribution is 6.17. The van der Waals surface area contributed by atoms with Crippen molar-refractivity contribution in [3.8, 4) is 0 Å². The molecule has 226 valence electrons. The fourth-order valence-electron chi connectivity index (χ4n) is 5.87. The third-order valence-electron chi connectivity index (χ3n) is 8.37. The van der Waals surface area contributed by atoms with E-state index in [4.69, 9.17) is 0 Å². The third-order valence-corrected chi connectivity index (χ3v) is 8.37. The summed E-state index contributed by atoms with van der Waals surface area (Å²) >= 11 is 0. The van der Waals surface area contributed by atoms with E-state index in [9.17, 15) is 14.4 Å². The van der Waals surface area contributed by atoms with Crippen LogP contribution >= 0.6 is 0 Å². The lowest BCUT2D eigenvalue weighted by molar-refractivity contribution is -0.133. The van der Waals surface area contributed by atoms with E-state index in [-0.39, 0.29) is 30.6 Å². The molecular formula is C34H42N6O3. The zero-order chi connectivity index (χ0) is 30.2. The normalized spacial score (nSPS) is 14.5. The van der Waals surface area contributed by atoms with Gasteiger partial charge in [-0.3, -0.25) is 24.2 Å². The van der Waals surface area contributed by atoms with Gasteiger partial charge in [0.2, 0.25) is 11.8 Å². The molecule has 0 atom stereocenters. The molecule has 0 bridgehead atoms. The summed E-state index contributed by atoms with van der Waals surface area (Å²) in [7, 11) is 0. The largest absolute Gasteiger partial charge is 0.372 e. The van der Waals surface area contributed by atoms with Gasteiger partial charge in [-0.1, -0.05) is 31.2 Å². The maximum Gasteiger partial charge on any atom is 0.257 e. The van der Waals surface area contributed by atoms with Crippen LogP contribution in [0.15, 0.2) is 66.9 Å². The average molecular weight is 583 g/mol. The van der Waals surface area contributed by atoms with Gasteiger partial charge < -0.3 is 15.1 Å². The molecule has 1 saturated heterocycles. The minimum absolute atomic E-state index is 0.00866. The van der Waals surface area contributed by atoms with E-state index < -0.39 is 0 Å². The van der Waals surface area contributed by atoms with Crippen LogP contribution in [0, 0.1) is 0 Å². The molecule has 0 radical (unpaired) electrons. The Labute approximate surface area is 254 Å². The predicted molar refractivity (Wildman–Crippen MR) is 171 cm³/mol. The molecule has 1 N–H and O–H groups in total. The first kappa shape index (κ1) is 30.2. The third kappa shape index (κ3) is 7.22. The molecule has 1 fully saturated rings. The van der Waals surface area contributed by atoms with E-state index in [1.54, 1.807) is 42.6 Å². The lowest BCUT2D eigenvalue weighted by Crippen LogP contribution is -2.39. The Hall–Kier alpha value is -4.24. The van der Waals surface area contributed by atoms with Gasteiger partial charge in [-0.2, -0.15) is 0 Å². The summed E-state index contributed by atoms with van der Waals surface area (Å²) in [5, 5.41) is 2.85. The lowest BCUT2D eigenvalue weighted by Gasteiger charge is -2.29. The summed E-state index contributed by atoms with van der Waals surface area (Å²) in [5.41, 5.74) is 3.87. The number of aromatic nitrogens is 1. The molecule has 2 aliphatic heterocycles. The van der Waals surface area contributed by atoms with E-state index in [1.807, 2.05) is 11.8 Å². The number of rotatable bonds is 11. The van der Waals surface area contributed by atoms with Crippen LogP contribution in [-0.2, 0) is 16.1 Å². The summed E-state index contributed by atoms with van der Waals surface area (Å²) < 4.78 is 0. The first-order chi connectivity index (χ1) is 21.0. The van der Waals surface area contributed by atoms with Crippen molar-refractivity contribution < 1.29 is 14.4 Å². The quantitative estimate of drug-likeness (QED) is 0.323. The molecule has 9 nitrogen and oxygen atoms in total. The van der Waals surface area contributed by atoms with Crippen LogP contribution in [-0.4, -0.2) is 71.8 Å². The van der Waals surface area contributed by atoms with Crippen molar-refractivity contribution in [2.45, 2.75) is 52.5 Å². The van der Waals surface area contributed by atoms with Gasteiger partial charge >= 0.3 is 0 Å². The van der Waals surface area contributed by atoms with Crippen molar-refractivity contribution >= 4 is 40.6 Å². The molecule has 2 aromatic carbocycles. The number of pyridine rings is 1. The molecule has 43 heavy (non-hydrogen) atoms. The Morgan fingerprint density at radius 3 is 2.40 bits per heavy atom. The Morgan fingerprint density at radius 1 is 0.884 bits per heavy atom. The fraction of sp³-hybridized carbons (Fsp3) is 0.412. The molecule has 2 aliphatic rings. The lowest BCUT2D eigenvalue weighted by atomic mass is 10.1. The van der Waals surface area contributed by atoms with Crippen LogP contribution in [0.1, 0.15) is 61.9 Å². The number of carbonyl (C=O) groups is 3. The number of likely N-dealkylation sites (N-methyl/N-ethyl adjacent to an activating group) is 2. The predicted octanol–water partition coefficient (Wildman–Crippen LogP) is 5.45. The van der Waals surface area contributed by atoms with Gasteiger partial charge in [-0.05, 0) is 74.7 Å². The van der Waals surface area contributed by atoms with E-state index in [1.165, 1.54) is 35.4 Å². The van der Waals surface area contributed by atoms with Crippen molar-refractivity contribution in [1.29, 1.82) is 0 Å². The monoisotopic (exact) mass is 582 g/mol. The molecule has 0 saturated carbocycles. The maximum absolute atomic E-state index is 13.6. The van der Waals surface area contributed by atoms with E-state index in [0.29, 0.717) is 35.8 Å². The maximum atomic E-state index is 13.6. The van der Waals surface area contributed by atoms with Gasteiger partial charge in [0.1, 0.15) is 0 Å². The van der Waals surface area contributed by atoms with Crippen molar-refractivity contribution in [2.75, 3.05) is 54.4 Å². The van der Waals surface area contributed by atoms with Gasteiger partial charge in [-0.25, -0.2) is 4.98 Å². The van der Waals surface area contributed by atoms with Crippen molar-refractivity contribution in [1.82, 2.24) is 14.8 Å². The van der Waals surface area contributed by atoms with Gasteiger partial charge in [0.05, 0.1) is 16.9 Å². The van der Waals surface area contributed by atoms with Crippen LogP contribution in [0.2, 0.25) is 0 Å². The SMILES string of the molecule is CCN(CCN(CC)C(=O)CCC(=O)N1c2ccccc2C(=O)Nc2cccnc21)Cc1ccc(N2CCCCC2)cc1. The molecule has 1 aromatic heterocycles. The van der Waals surface area contributed by atoms with Crippen LogP contribution in [0.3, 0.4) is 0 Å². The van der Waals surface area contributed by atoms with Crippen molar-refractivity contribution in [3.05, 3.63) is 78.0 Å². The summed E-state index contributed by atoms with van der Waals surface area (Å²) in [6.45, 7) is 10.0. The number of benzene rings is 2. The number of fused-ring (bicyclic) bond motifs is 2. The molecule has 9 heteroatoms. The molecule has 0 aliphatic carbocycles. The second kappa shape index (κ2) is 14.3.